The Bertz CT molecular complexity index is 477. The molecule has 1 unspecified atom stereocenters. The van der Waals surface area contributed by atoms with Gasteiger partial charge < -0.3 is 10.5 Å². The topological polar surface area (TPSA) is 59.6 Å². The van der Waals surface area contributed by atoms with Gasteiger partial charge in [0.05, 0.1) is 12.6 Å². The molecule has 2 aliphatic rings. The van der Waals surface area contributed by atoms with Gasteiger partial charge in [-0.15, -0.1) is 5.73 Å². The van der Waals surface area contributed by atoms with Crippen LogP contribution in [0.15, 0.2) is 58.6 Å². The first-order valence-electron chi connectivity index (χ1n) is 5.54. The van der Waals surface area contributed by atoms with Crippen LogP contribution in [-0.4, -0.2) is 18.6 Å². The largest absolute Gasteiger partial charge is 0.479 e. The summed E-state index contributed by atoms with van der Waals surface area (Å²) in [6.45, 7) is 2.52. The molecule has 1 aliphatic heterocycles. The molecular formula is C13H15N3O. The van der Waals surface area contributed by atoms with E-state index in [2.05, 4.69) is 16.0 Å². The van der Waals surface area contributed by atoms with Gasteiger partial charge in [-0.3, -0.25) is 5.32 Å². The van der Waals surface area contributed by atoms with E-state index in [0.717, 1.165) is 5.57 Å². The molecule has 4 nitrogen and oxygen atoms in total. The number of nitrogens with one attached hydrogen (secondary N) is 1. The van der Waals surface area contributed by atoms with E-state index in [-0.39, 0.29) is 6.04 Å². The molecule has 0 saturated heterocycles. The van der Waals surface area contributed by atoms with Crippen LogP contribution in [0.4, 0.5) is 0 Å². The second kappa shape index (κ2) is 5.23. The van der Waals surface area contributed by atoms with Gasteiger partial charge in [0, 0.05) is 11.6 Å². The van der Waals surface area contributed by atoms with E-state index >= 15 is 0 Å². The molecule has 0 radical (unpaired) electrons. The minimum absolute atomic E-state index is 0.0962. The highest BCUT2D eigenvalue weighted by Crippen LogP contribution is 2.09. The van der Waals surface area contributed by atoms with Crippen molar-refractivity contribution in [2.75, 3.05) is 6.61 Å². The highest BCUT2D eigenvalue weighted by atomic mass is 16.5. The molecule has 0 amide bonds. The van der Waals surface area contributed by atoms with Crippen molar-refractivity contribution in [1.82, 2.24) is 5.32 Å². The summed E-state index contributed by atoms with van der Waals surface area (Å²) in [5.74, 6) is 1.03. The van der Waals surface area contributed by atoms with E-state index in [9.17, 15) is 0 Å². The molecule has 1 aliphatic carbocycles. The maximum Gasteiger partial charge on any atom is 0.196 e. The minimum Gasteiger partial charge on any atom is -0.479 e. The quantitative estimate of drug-likeness (QED) is 0.715. The third-order valence-electron chi connectivity index (χ3n) is 2.26. The highest BCUT2D eigenvalue weighted by Gasteiger charge is 2.11. The Balaban J connectivity index is 2.06. The standard InChI is InChI=1S/C13H15N3O/c1-2-17-12-9-11(15-13(14)16-12)8-7-10-5-3-4-6-10/h3-5,7-9,11H,2H2,1H3,(H3,14,15,16)/b8-7+. The predicted molar refractivity (Wildman–Crippen MR) is 68.1 cm³/mol. The molecule has 0 fully saturated rings. The predicted octanol–water partition coefficient (Wildman–Crippen LogP) is 1.36. The third-order valence-corrected chi connectivity index (χ3v) is 2.26. The number of aliphatic imine (C=N–C) groups is 1. The van der Waals surface area contributed by atoms with Crippen molar-refractivity contribution >= 4 is 5.96 Å². The van der Waals surface area contributed by atoms with Crippen molar-refractivity contribution in [3.63, 3.8) is 0 Å². The van der Waals surface area contributed by atoms with Crippen molar-refractivity contribution in [2.45, 2.75) is 13.0 Å². The van der Waals surface area contributed by atoms with Gasteiger partial charge in [-0.25, -0.2) is 4.99 Å². The Morgan fingerprint density at radius 3 is 3.24 bits per heavy atom. The van der Waals surface area contributed by atoms with Crippen molar-refractivity contribution in [3.8, 4) is 0 Å². The van der Waals surface area contributed by atoms with Crippen LogP contribution in [0.3, 0.4) is 0 Å². The molecule has 17 heavy (non-hydrogen) atoms. The Hall–Kier alpha value is -2.19. The lowest BCUT2D eigenvalue weighted by Gasteiger charge is -2.17. The lowest BCUT2D eigenvalue weighted by Crippen LogP contribution is -2.36. The van der Waals surface area contributed by atoms with Crippen molar-refractivity contribution in [1.29, 1.82) is 0 Å². The van der Waals surface area contributed by atoms with Crippen LogP contribution in [0.1, 0.15) is 6.92 Å². The summed E-state index contributed by atoms with van der Waals surface area (Å²) >= 11 is 0. The summed E-state index contributed by atoms with van der Waals surface area (Å²) in [7, 11) is 0. The monoisotopic (exact) mass is 229 g/mol. The van der Waals surface area contributed by atoms with Crippen LogP contribution in [0.2, 0.25) is 0 Å². The number of nitrogens with two attached hydrogens (primary N) is 1. The number of hydrogen-bond acceptors (Lipinski definition) is 4. The molecule has 2 rings (SSSR count). The second-order valence-corrected chi connectivity index (χ2v) is 3.58. The zero-order valence-corrected chi connectivity index (χ0v) is 9.68. The van der Waals surface area contributed by atoms with E-state index in [0.29, 0.717) is 18.4 Å². The number of nitrogens with zero attached hydrogens (tertiary/aromatic N) is 1. The molecular weight excluding hydrogens is 214 g/mol. The molecule has 0 aromatic carbocycles. The second-order valence-electron chi connectivity index (χ2n) is 3.58. The third kappa shape index (κ3) is 3.13. The summed E-state index contributed by atoms with van der Waals surface area (Å²) in [5.41, 5.74) is 9.79. The maximum atomic E-state index is 5.67. The van der Waals surface area contributed by atoms with Gasteiger partial charge in [0.15, 0.2) is 11.8 Å². The van der Waals surface area contributed by atoms with Crippen LogP contribution in [0, 0.1) is 0 Å². The summed E-state index contributed by atoms with van der Waals surface area (Å²) in [6, 6.07) is -0.0962. The molecule has 0 bridgehead atoms. The Morgan fingerprint density at radius 1 is 1.65 bits per heavy atom. The van der Waals surface area contributed by atoms with Crippen molar-refractivity contribution in [2.24, 2.45) is 10.7 Å². The number of hydrogen-bond donors (Lipinski definition) is 2. The van der Waals surface area contributed by atoms with Gasteiger partial charge in [-0.1, -0.05) is 12.2 Å². The van der Waals surface area contributed by atoms with Crippen LogP contribution in [0.5, 0.6) is 0 Å². The zero-order chi connectivity index (χ0) is 12.1. The van der Waals surface area contributed by atoms with E-state index in [1.54, 1.807) is 0 Å². The van der Waals surface area contributed by atoms with Gasteiger partial charge in [0.25, 0.3) is 0 Å². The fourth-order valence-corrected chi connectivity index (χ4v) is 1.54. The molecule has 3 N–H and O–H groups in total. The first kappa shape index (κ1) is 11.3. The summed E-state index contributed by atoms with van der Waals surface area (Å²) in [6.07, 6.45) is 11.6. The molecule has 0 spiro atoms. The van der Waals surface area contributed by atoms with Crippen LogP contribution in [-0.2, 0) is 4.74 Å². The van der Waals surface area contributed by atoms with E-state index in [1.165, 1.54) is 0 Å². The van der Waals surface area contributed by atoms with E-state index in [4.69, 9.17) is 10.5 Å². The minimum atomic E-state index is -0.0962. The summed E-state index contributed by atoms with van der Waals surface area (Å²) in [5, 5.41) is 2.87. The fraction of sp³-hybridized carbons (Fsp3) is 0.231. The van der Waals surface area contributed by atoms with Gasteiger partial charge in [0.2, 0.25) is 0 Å². The van der Waals surface area contributed by atoms with Crippen LogP contribution in [0.25, 0.3) is 0 Å². The Kier molecular flexibility index (Phi) is 3.48. The average Bonchev–Trinajstić information content (AvgIpc) is 2.79. The molecule has 0 aromatic rings. The average molecular weight is 229 g/mol. The molecule has 0 saturated carbocycles. The Morgan fingerprint density at radius 2 is 2.53 bits per heavy atom. The molecule has 1 atom stereocenters. The summed E-state index contributed by atoms with van der Waals surface area (Å²) < 4.78 is 5.37. The number of ether oxygens (including phenoxy) is 1. The van der Waals surface area contributed by atoms with Gasteiger partial charge >= 0.3 is 0 Å². The smallest absolute Gasteiger partial charge is 0.196 e. The molecule has 88 valence electrons. The van der Waals surface area contributed by atoms with E-state index < -0.39 is 0 Å². The molecule has 0 aromatic heterocycles. The van der Waals surface area contributed by atoms with Gasteiger partial charge in [0.1, 0.15) is 0 Å². The lowest BCUT2D eigenvalue weighted by molar-refractivity contribution is 0.213. The fourth-order valence-electron chi connectivity index (χ4n) is 1.54. The first-order valence-corrected chi connectivity index (χ1v) is 5.54. The first-order chi connectivity index (χ1) is 8.28. The zero-order valence-electron chi connectivity index (χ0n) is 9.68. The van der Waals surface area contributed by atoms with Crippen LogP contribution < -0.4 is 11.1 Å². The molecule has 4 heteroatoms. The maximum absolute atomic E-state index is 5.67. The summed E-state index contributed by atoms with van der Waals surface area (Å²) in [4.78, 5) is 4.24. The van der Waals surface area contributed by atoms with Gasteiger partial charge in [-0.2, -0.15) is 0 Å². The molecule has 1 heterocycles. The van der Waals surface area contributed by atoms with Crippen molar-refractivity contribution in [3.05, 3.63) is 53.6 Å². The van der Waals surface area contributed by atoms with E-state index in [1.807, 2.05) is 43.4 Å². The Labute approximate surface area is 101 Å². The highest BCUT2D eigenvalue weighted by molar-refractivity contribution is 5.80. The van der Waals surface area contributed by atoms with Crippen LogP contribution >= 0.6 is 0 Å². The number of allylic oxidation sites excluding steroid dienone is 4. The SMILES string of the molecule is CCOC1=CC(/C=C/C2=C=CC=C2)N=C(N)N1. The number of guanidine groups is 1. The number of rotatable bonds is 4. The van der Waals surface area contributed by atoms with Crippen molar-refractivity contribution < 1.29 is 4.74 Å². The van der Waals surface area contributed by atoms with Gasteiger partial charge in [-0.05, 0) is 25.2 Å². The normalized spacial score (nSPS) is 22.2. The lowest BCUT2D eigenvalue weighted by atomic mass is 10.2.